The summed E-state index contributed by atoms with van der Waals surface area (Å²) in [6.07, 6.45) is 5.99. The van der Waals surface area contributed by atoms with E-state index in [1.807, 2.05) is 0 Å². The number of pyridine rings is 1. The highest BCUT2D eigenvalue weighted by atomic mass is 35.5. The number of carbonyl (C=O) groups is 2. The Hall–Kier alpha value is -1.62. The Kier molecular flexibility index (Phi) is 5.56. The summed E-state index contributed by atoms with van der Waals surface area (Å²) in [5, 5.41) is 5.99. The van der Waals surface area contributed by atoms with E-state index in [0.29, 0.717) is 10.9 Å². The van der Waals surface area contributed by atoms with Gasteiger partial charge >= 0.3 is 0 Å². The standard InChI is InChI=1S/C15H20ClN3O2/c1-10-4-2-3-5-12(10)19-14(20)9-18-15(21)13-8-11(16)6-7-17-13/h6-8,10,12H,2-5,9H2,1H3,(H,18,21)(H,19,20)/t10-,12-/m1/s1. The molecule has 0 radical (unpaired) electrons. The van der Waals surface area contributed by atoms with Gasteiger partial charge in [-0.25, -0.2) is 0 Å². The average molecular weight is 310 g/mol. The van der Waals surface area contributed by atoms with Gasteiger partial charge in [0.25, 0.3) is 5.91 Å². The number of nitrogens with zero attached hydrogens (tertiary/aromatic N) is 1. The van der Waals surface area contributed by atoms with Gasteiger partial charge in [0.2, 0.25) is 5.91 Å². The first-order valence-corrected chi connectivity index (χ1v) is 7.63. The highest BCUT2D eigenvalue weighted by Gasteiger charge is 2.22. The van der Waals surface area contributed by atoms with Crippen molar-refractivity contribution in [1.82, 2.24) is 15.6 Å². The second-order valence-electron chi connectivity index (χ2n) is 5.48. The van der Waals surface area contributed by atoms with Crippen LogP contribution in [0.15, 0.2) is 18.3 Å². The Morgan fingerprint density at radius 1 is 1.38 bits per heavy atom. The Morgan fingerprint density at radius 2 is 2.14 bits per heavy atom. The molecule has 0 bridgehead atoms. The largest absolute Gasteiger partial charge is 0.352 e. The highest BCUT2D eigenvalue weighted by Crippen LogP contribution is 2.23. The van der Waals surface area contributed by atoms with Crippen LogP contribution in [0.25, 0.3) is 0 Å². The number of carbonyl (C=O) groups excluding carboxylic acids is 2. The predicted octanol–water partition coefficient (Wildman–Crippen LogP) is 2.16. The van der Waals surface area contributed by atoms with Crippen molar-refractivity contribution in [2.24, 2.45) is 5.92 Å². The summed E-state index contributed by atoms with van der Waals surface area (Å²) in [7, 11) is 0. The van der Waals surface area contributed by atoms with Crippen molar-refractivity contribution in [3.8, 4) is 0 Å². The molecule has 2 atom stereocenters. The van der Waals surface area contributed by atoms with Crippen LogP contribution in [0.2, 0.25) is 5.02 Å². The van der Waals surface area contributed by atoms with Crippen LogP contribution < -0.4 is 10.6 Å². The fourth-order valence-corrected chi connectivity index (χ4v) is 2.73. The molecule has 2 N–H and O–H groups in total. The first-order valence-electron chi connectivity index (χ1n) is 7.25. The van der Waals surface area contributed by atoms with E-state index in [1.165, 1.54) is 18.7 Å². The van der Waals surface area contributed by atoms with Gasteiger partial charge in [0.1, 0.15) is 5.69 Å². The quantitative estimate of drug-likeness (QED) is 0.895. The van der Waals surface area contributed by atoms with Crippen molar-refractivity contribution in [3.05, 3.63) is 29.0 Å². The molecule has 1 saturated carbocycles. The lowest BCUT2D eigenvalue weighted by Crippen LogP contribution is -2.45. The van der Waals surface area contributed by atoms with Gasteiger partial charge in [-0.05, 0) is 30.9 Å². The van der Waals surface area contributed by atoms with E-state index in [9.17, 15) is 9.59 Å². The van der Waals surface area contributed by atoms with Gasteiger partial charge in [0.15, 0.2) is 0 Å². The summed E-state index contributed by atoms with van der Waals surface area (Å²) >= 11 is 5.80. The van der Waals surface area contributed by atoms with E-state index >= 15 is 0 Å². The van der Waals surface area contributed by atoms with Crippen molar-refractivity contribution >= 4 is 23.4 Å². The van der Waals surface area contributed by atoms with E-state index in [-0.39, 0.29) is 24.2 Å². The van der Waals surface area contributed by atoms with Crippen LogP contribution in [0.4, 0.5) is 0 Å². The Bertz CT molecular complexity index is 521. The number of amides is 2. The molecule has 0 aromatic carbocycles. The van der Waals surface area contributed by atoms with Crippen LogP contribution in [0.3, 0.4) is 0 Å². The Morgan fingerprint density at radius 3 is 2.86 bits per heavy atom. The number of hydrogen-bond acceptors (Lipinski definition) is 3. The maximum atomic E-state index is 11.9. The lowest BCUT2D eigenvalue weighted by Gasteiger charge is -2.29. The monoisotopic (exact) mass is 309 g/mol. The van der Waals surface area contributed by atoms with Crippen LogP contribution in [0.5, 0.6) is 0 Å². The van der Waals surface area contributed by atoms with Crippen LogP contribution in [-0.2, 0) is 4.79 Å². The molecule has 114 valence electrons. The molecule has 0 spiro atoms. The molecular formula is C15H20ClN3O2. The molecular weight excluding hydrogens is 290 g/mol. The predicted molar refractivity (Wildman–Crippen MR) is 81.1 cm³/mol. The topological polar surface area (TPSA) is 71.1 Å². The zero-order valence-electron chi connectivity index (χ0n) is 12.1. The van der Waals surface area contributed by atoms with Crippen molar-refractivity contribution in [1.29, 1.82) is 0 Å². The number of hydrogen-bond donors (Lipinski definition) is 2. The van der Waals surface area contributed by atoms with Gasteiger partial charge in [0, 0.05) is 17.3 Å². The molecule has 1 fully saturated rings. The molecule has 21 heavy (non-hydrogen) atoms. The molecule has 1 heterocycles. The SMILES string of the molecule is C[C@@H]1CCCC[C@H]1NC(=O)CNC(=O)c1cc(Cl)ccn1. The number of nitrogens with one attached hydrogen (secondary N) is 2. The van der Waals surface area contributed by atoms with Gasteiger partial charge in [-0.1, -0.05) is 31.4 Å². The minimum absolute atomic E-state index is 0.0454. The van der Waals surface area contributed by atoms with E-state index in [4.69, 9.17) is 11.6 Å². The van der Waals surface area contributed by atoms with Crippen LogP contribution in [0, 0.1) is 5.92 Å². The smallest absolute Gasteiger partial charge is 0.270 e. The fraction of sp³-hybridized carbons (Fsp3) is 0.533. The van der Waals surface area contributed by atoms with Crippen LogP contribution in [0.1, 0.15) is 43.1 Å². The molecule has 0 saturated heterocycles. The summed E-state index contributed by atoms with van der Waals surface area (Å²) in [4.78, 5) is 27.6. The van der Waals surface area contributed by atoms with Crippen molar-refractivity contribution < 1.29 is 9.59 Å². The minimum atomic E-state index is -0.399. The number of aromatic nitrogens is 1. The summed E-state index contributed by atoms with van der Waals surface area (Å²) in [6, 6.07) is 3.28. The third kappa shape index (κ3) is 4.70. The third-order valence-corrected chi connectivity index (χ3v) is 4.06. The van der Waals surface area contributed by atoms with Crippen LogP contribution >= 0.6 is 11.6 Å². The summed E-state index contributed by atoms with van der Waals surface area (Å²) in [5.74, 6) is -0.0681. The van der Waals surface area contributed by atoms with Gasteiger partial charge in [-0.3, -0.25) is 14.6 Å². The summed E-state index contributed by atoms with van der Waals surface area (Å²) in [5.41, 5.74) is 0.210. The van der Waals surface area contributed by atoms with Crippen LogP contribution in [-0.4, -0.2) is 29.4 Å². The summed E-state index contributed by atoms with van der Waals surface area (Å²) < 4.78 is 0. The lowest BCUT2D eigenvalue weighted by atomic mass is 9.86. The fourth-order valence-electron chi connectivity index (χ4n) is 2.57. The molecule has 0 aliphatic heterocycles. The highest BCUT2D eigenvalue weighted by molar-refractivity contribution is 6.30. The zero-order valence-corrected chi connectivity index (χ0v) is 12.8. The van der Waals surface area contributed by atoms with E-state index in [0.717, 1.165) is 19.3 Å². The van der Waals surface area contributed by atoms with E-state index < -0.39 is 5.91 Å². The normalized spacial score (nSPS) is 21.6. The molecule has 6 heteroatoms. The second-order valence-corrected chi connectivity index (χ2v) is 5.91. The molecule has 5 nitrogen and oxygen atoms in total. The molecule has 1 aliphatic rings. The molecule has 0 unspecified atom stereocenters. The van der Waals surface area contributed by atoms with Gasteiger partial charge in [-0.2, -0.15) is 0 Å². The maximum Gasteiger partial charge on any atom is 0.270 e. The minimum Gasteiger partial charge on any atom is -0.352 e. The number of rotatable bonds is 4. The van der Waals surface area contributed by atoms with Crippen molar-refractivity contribution in [2.45, 2.75) is 38.6 Å². The Labute approximate surface area is 129 Å². The lowest BCUT2D eigenvalue weighted by molar-refractivity contribution is -0.121. The molecule has 1 aliphatic carbocycles. The van der Waals surface area contributed by atoms with Crippen molar-refractivity contribution in [2.75, 3.05) is 6.54 Å². The molecule has 2 amide bonds. The zero-order chi connectivity index (χ0) is 15.2. The molecule has 2 rings (SSSR count). The van der Waals surface area contributed by atoms with E-state index in [1.54, 1.807) is 6.07 Å². The average Bonchev–Trinajstić information content (AvgIpc) is 2.47. The maximum absolute atomic E-state index is 11.9. The second kappa shape index (κ2) is 7.41. The number of halogens is 1. The van der Waals surface area contributed by atoms with Crippen molar-refractivity contribution in [3.63, 3.8) is 0 Å². The Balaban J connectivity index is 1.79. The molecule has 1 aromatic rings. The molecule has 1 aromatic heterocycles. The van der Waals surface area contributed by atoms with Gasteiger partial charge < -0.3 is 10.6 Å². The van der Waals surface area contributed by atoms with Gasteiger partial charge in [-0.15, -0.1) is 0 Å². The first-order chi connectivity index (χ1) is 10.1. The van der Waals surface area contributed by atoms with E-state index in [2.05, 4.69) is 22.5 Å². The summed E-state index contributed by atoms with van der Waals surface area (Å²) in [6.45, 7) is 2.11. The first kappa shape index (κ1) is 15.8. The van der Waals surface area contributed by atoms with Gasteiger partial charge in [0.05, 0.1) is 6.54 Å². The third-order valence-electron chi connectivity index (χ3n) is 3.82.